The molecule has 1 aromatic carbocycles. The number of aromatic nitrogens is 2. The molecule has 0 spiro atoms. The van der Waals surface area contributed by atoms with Gasteiger partial charge in [-0.05, 0) is 37.5 Å². The number of benzene rings is 1. The lowest BCUT2D eigenvalue weighted by molar-refractivity contribution is -0.120. The van der Waals surface area contributed by atoms with Crippen LogP contribution in [0.15, 0.2) is 22.7 Å². The zero-order valence-corrected chi connectivity index (χ0v) is 14.4. The molecule has 0 bridgehead atoms. The molecule has 1 saturated carbocycles. The predicted octanol–water partition coefficient (Wildman–Crippen LogP) is 1.86. The summed E-state index contributed by atoms with van der Waals surface area (Å²) in [5, 5.41) is 6.69. The van der Waals surface area contributed by atoms with Crippen LogP contribution in [0, 0.1) is 12.7 Å². The van der Waals surface area contributed by atoms with E-state index in [4.69, 9.17) is 4.52 Å². The summed E-state index contributed by atoms with van der Waals surface area (Å²) < 4.78 is 19.4. The Kier molecular flexibility index (Phi) is 4.18. The minimum Gasteiger partial charge on any atom is -0.353 e. The maximum atomic E-state index is 14.2. The molecule has 4 rings (SSSR count). The molecule has 0 radical (unpaired) electrons. The van der Waals surface area contributed by atoms with Gasteiger partial charge in [-0.2, -0.15) is 4.98 Å². The molecule has 1 aliphatic carbocycles. The van der Waals surface area contributed by atoms with Crippen LogP contribution in [0.3, 0.4) is 0 Å². The van der Waals surface area contributed by atoms with Crippen molar-refractivity contribution < 1.29 is 18.5 Å². The average Bonchev–Trinajstić information content (AvgIpc) is 3.12. The Morgan fingerprint density at radius 3 is 2.96 bits per heavy atom. The topological polar surface area (TPSA) is 88.3 Å². The van der Waals surface area contributed by atoms with Crippen LogP contribution in [0.25, 0.3) is 0 Å². The largest absolute Gasteiger partial charge is 0.353 e. The molecule has 2 amide bonds. The van der Waals surface area contributed by atoms with Crippen LogP contribution in [0.4, 0.5) is 10.1 Å². The Hall–Kier alpha value is -2.77. The summed E-state index contributed by atoms with van der Waals surface area (Å²) in [6, 6.07) is 5.05. The zero-order chi connectivity index (χ0) is 18.3. The Morgan fingerprint density at radius 1 is 1.42 bits per heavy atom. The minimum absolute atomic E-state index is 0.0526. The number of aryl methyl sites for hydroxylation is 1. The summed E-state index contributed by atoms with van der Waals surface area (Å²) in [6.07, 6.45) is 2.25. The van der Waals surface area contributed by atoms with Gasteiger partial charge in [-0.1, -0.05) is 11.2 Å². The van der Waals surface area contributed by atoms with E-state index < -0.39 is 5.82 Å². The maximum absolute atomic E-state index is 14.2. The molecular formula is C18H19FN4O3. The van der Waals surface area contributed by atoms with E-state index in [0.717, 1.165) is 18.4 Å². The molecule has 7 nitrogen and oxygen atoms in total. The van der Waals surface area contributed by atoms with Gasteiger partial charge < -0.3 is 14.7 Å². The highest BCUT2D eigenvalue weighted by atomic mass is 19.1. The van der Waals surface area contributed by atoms with Crippen molar-refractivity contribution in [2.45, 2.75) is 44.6 Å². The number of hydrogen-bond acceptors (Lipinski definition) is 5. The van der Waals surface area contributed by atoms with Gasteiger partial charge in [-0.15, -0.1) is 0 Å². The molecule has 2 fully saturated rings. The first kappa shape index (κ1) is 16.7. The van der Waals surface area contributed by atoms with E-state index in [9.17, 15) is 14.0 Å². The van der Waals surface area contributed by atoms with E-state index in [2.05, 4.69) is 15.5 Å². The van der Waals surface area contributed by atoms with Crippen molar-refractivity contribution in [1.29, 1.82) is 0 Å². The normalized spacial score (nSPS) is 19.8. The first-order valence-corrected chi connectivity index (χ1v) is 8.68. The van der Waals surface area contributed by atoms with Crippen LogP contribution in [-0.2, 0) is 16.0 Å². The summed E-state index contributed by atoms with van der Waals surface area (Å²) in [5.41, 5.74) is 1.05. The minimum atomic E-state index is -0.429. The van der Waals surface area contributed by atoms with Crippen molar-refractivity contribution >= 4 is 17.5 Å². The maximum Gasteiger partial charge on any atom is 0.232 e. The second-order valence-corrected chi connectivity index (χ2v) is 6.93. The van der Waals surface area contributed by atoms with Gasteiger partial charge in [0.25, 0.3) is 0 Å². The molecule has 1 aromatic heterocycles. The summed E-state index contributed by atoms with van der Waals surface area (Å²) in [4.78, 5) is 29.8. The summed E-state index contributed by atoms with van der Waals surface area (Å²) in [7, 11) is 0. The highest BCUT2D eigenvalue weighted by Crippen LogP contribution is 2.32. The molecule has 26 heavy (non-hydrogen) atoms. The van der Waals surface area contributed by atoms with Gasteiger partial charge >= 0.3 is 0 Å². The number of nitrogens with one attached hydrogen (secondary N) is 1. The highest BCUT2D eigenvalue weighted by Gasteiger charge is 2.36. The van der Waals surface area contributed by atoms with E-state index in [1.165, 1.54) is 11.0 Å². The van der Waals surface area contributed by atoms with Crippen LogP contribution in [0.1, 0.15) is 42.5 Å². The third-order valence-corrected chi connectivity index (χ3v) is 4.61. The fraction of sp³-hybridized carbons (Fsp3) is 0.444. The standard InChI is InChI=1S/C18H19FN4O3/c1-10-2-5-14(13(19)6-10)23-9-11(7-17(23)25)18-21-15(22-26-18)8-16(24)20-12-3-4-12/h2,5-6,11-12H,3-4,7-9H2,1H3,(H,20,24). The Bertz CT molecular complexity index is 862. The Balaban J connectivity index is 1.44. The van der Waals surface area contributed by atoms with Crippen molar-refractivity contribution in [3.63, 3.8) is 0 Å². The number of rotatable bonds is 5. The molecule has 1 saturated heterocycles. The fourth-order valence-corrected chi connectivity index (χ4v) is 3.09. The van der Waals surface area contributed by atoms with E-state index in [-0.39, 0.29) is 48.8 Å². The van der Waals surface area contributed by atoms with Crippen molar-refractivity contribution in [3.8, 4) is 0 Å². The number of amides is 2. The monoisotopic (exact) mass is 358 g/mol. The summed E-state index contributed by atoms with van der Waals surface area (Å²) >= 11 is 0. The SMILES string of the molecule is Cc1ccc(N2CC(c3nc(CC(=O)NC4CC4)no3)CC2=O)c(F)c1. The van der Waals surface area contributed by atoms with E-state index in [1.54, 1.807) is 19.1 Å². The number of carbonyl (C=O) groups excluding carboxylic acids is 2. The summed E-state index contributed by atoms with van der Waals surface area (Å²) in [5.74, 6) is -0.458. The van der Waals surface area contributed by atoms with E-state index >= 15 is 0 Å². The molecular weight excluding hydrogens is 339 g/mol. The van der Waals surface area contributed by atoms with Crippen LogP contribution < -0.4 is 10.2 Å². The second-order valence-electron chi connectivity index (χ2n) is 6.93. The van der Waals surface area contributed by atoms with Gasteiger partial charge in [0.05, 0.1) is 18.0 Å². The smallest absolute Gasteiger partial charge is 0.232 e. The van der Waals surface area contributed by atoms with Crippen molar-refractivity contribution in [2.24, 2.45) is 0 Å². The molecule has 2 aliphatic rings. The zero-order valence-electron chi connectivity index (χ0n) is 14.4. The van der Waals surface area contributed by atoms with Gasteiger partial charge in [0.2, 0.25) is 17.7 Å². The lowest BCUT2D eigenvalue weighted by atomic mass is 10.1. The highest BCUT2D eigenvalue weighted by molar-refractivity contribution is 5.96. The first-order valence-electron chi connectivity index (χ1n) is 8.68. The van der Waals surface area contributed by atoms with E-state index in [0.29, 0.717) is 11.7 Å². The number of hydrogen-bond donors (Lipinski definition) is 1. The molecule has 2 aromatic rings. The number of anilines is 1. The van der Waals surface area contributed by atoms with Crippen LogP contribution in [-0.4, -0.2) is 34.5 Å². The lowest BCUT2D eigenvalue weighted by Crippen LogP contribution is -2.27. The Labute approximate surface area is 149 Å². The van der Waals surface area contributed by atoms with E-state index in [1.807, 2.05) is 0 Å². The number of nitrogens with zero attached hydrogens (tertiary/aromatic N) is 3. The van der Waals surface area contributed by atoms with Gasteiger partial charge in [0.15, 0.2) is 5.82 Å². The fourth-order valence-electron chi connectivity index (χ4n) is 3.09. The van der Waals surface area contributed by atoms with Crippen molar-refractivity contribution in [1.82, 2.24) is 15.5 Å². The molecule has 1 unspecified atom stereocenters. The molecule has 136 valence electrons. The summed E-state index contributed by atoms with van der Waals surface area (Å²) in [6.45, 7) is 2.07. The molecule has 8 heteroatoms. The third-order valence-electron chi connectivity index (χ3n) is 4.61. The lowest BCUT2D eigenvalue weighted by Gasteiger charge is -2.17. The van der Waals surface area contributed by atoms with Crippen molar-refractivity contribution in [2.75, 3.05) is 11.4 Å². The molecule has 1 atom stereocenters. The van der Waals surface area contributed by atoms with Gasteiger partial charge in [-0.3, -0.25) is 9.59 Å². The van der Waals surface area contributed by atoms with Gasteiger partial charge in [0.1, 0.15) is 5.82 Å². The van der Waals surface area contributed by atoms with Crippen LogP contribution in [0.5, 0.6) is 0 Å². The molecule has 1 N–H and O–H groups in total. The number of carbonyl (C=O) groups is 2. The quantitative estimate of drug-likeness (QED) is 0.881. The number of halogens is 1. The Morgan fingerprint density at radius 2 is 2.23 bits per heavy atom. The third kappa shape index (κ3) is 3.44. The van der Waals surface area contributed by atoms with Crippen LogP contribution in [0.2, 0.25) is 0 Å². The predicted molar refractivity (Wildman–Crippen MR) is 90.0 cm³/mol. The average molecular weight is 358 g/mol. The van der Waals surface area contributed by atoms with Gasteiger partial charge in [-0.25, -0.2) is 4.39 Å². The second kappa shape index (κ2) is 6.51. The van der Waals surface area contributed by atoms with Gasteiger partial charge in [0, 0.05) is 19.0 Å². The first-order chi connectivity index (χ1) is 12.5. The van der Waals surface area contributed by atoms with Crippen molar-refractivity contribution in [3.05, 3.63) is 41.3 Å². The van der Waals surface area contributed by atoms with Crippen LogP contribution >= 0.6 is 0 Å². The molecule has 2 heterocycles. The molecule has 1 aliphatic heterocycles.